The van der Waals surface area contributed by atoms with Crippen LogP contribution in [-0.2, 0) is 18.5 Å². The second kappa shape index (κ2) is 6.05. The summed E-state index contributed by atoms with van der Waals surface area (Å²) < 4.78 is 1.88. The molecule has 0 aliphatic heterocycles. The van der Waals surface area contributed by atoms with E-state index in [1.807, 2.05) is 23.0 Å². The van der Waals surface area contributed by atoms with Gasteiger partial charge in [0.2, 0.25) is 0 Å². The van der Waals surface area contributed by atoms with Crippen molar-refractivity contribution in [3.8, 4) is 5.75 Å². The molecule has 0 saturated heterocycles. The Morgan fingerprint density at radius 1 is 1.20 bits per heavy atom. The van der Waals surface area contributed by atoms with Crippen molar-refractivity contribution in [2.24, 2.45) is 0 Å². The van der Waals surface area contributed by atoms with E-state index in [1.165, 1.54) is 5.56 Å². The molecule has 0 fully saturated rings. The molecular formula is C15H22N4O. The molecule has 108 valence electrons. The van der Waals surface area contributed by atoms with Gasteiger partial charge in [-0.2, -0.15) is 0 Å². The van der Waals surface area contributed by atoms with Crippen LogP contribution in [-0.4, -0.2) is 26.6 Å². The molecule has 2 aromatic rings. The minimum atomic E-state index is -0.0305. The SMILES string of the molecule is CC(C)(C)n1cc(CNCCc2ccc(O)cc2)nn1. The van der Waals surface area contributed by atoms with Crippen molar-refractivity contribution >= 4 is 0 Å². The minimum Gasteiger partial charge on any atom is -0.508 e. The van der Waals surface area contributed by atoms with Crippen molar-refractivity contribution in [3.05, 3.63) is 41.7 Å². The van der Waals surface area contributed by atoms with Gasteiger partial charge >= 0.3 is 0 Å². The van der Waals surface area contributed by atoms with Gasteiger partial charge in [0.05, 0.1) is 17.4 Å². The summed E-state index contributed by atoms with van der Waals surface area (Å²) in [5.41, 5.74) is 2.12. The minimum absolute atomic E-state index is 0.0305. The van der Waals surface area contributed by atoms with Crippen molar-refractivity contribution in [1.82, 2.24) is 20.3 Å². The van der Waals surface area contributed by atoms with Crippen molar-refractivity contribution < 1.29 is 5.11 Å². The van der Waals surface area contributed by atoms with Crippen LogP contribution in [0, 0.1) is 0 Å². The summed E-state index contributed by atoms with van der Waals surface area (Å²) in [7, 11) is 0. The Labute approximate surface area is 119 Å². The number of benzene rings is 1. The summed E-state index contributed by atoms with van der Waals surface area (Å²) in [6, 6.07) is 7.30. The predicted molar refractivity (Wildman–Crippen MR) is 78.5 cm³/mol. The number of hydrogen-bond donors (Lipinski definition) is 2. The Kier molecular flexibility index (Phi) is 4.39. The predicted octanol–water partition coefficient (Wildman–Crippen LogP) is 2.07. The number of aromatic nitrogens is 3. The maximum atomic E-state index is 9.21. The van der Waals surface area contributed by atoms with Crippen molar-refractivity contribution in [2.45, 2.75) is 39.3 Å². The first-order valence-electron chi connectivity index (χ1n) is 6.85. The fourth-order valence-corrected chi connectivity index (χ4v) is 1.82. The Balaban J connectivity index is 1.76. The summed E-state index contributed by atoms with van der Waals surface area (Å²) in [4.78, 5) is 0. The zero-order valence-electron chi connectivity index (χ0n) is 12.3. The zero-order valence-corrected chi connectivity index (χ0v) is 12.3. The largest absolute Gasteiger partial charge is 0.508 e. The van der Waals surface area contributed by atoms with E-state index in [-0.39, 0.29) is 5.54 Å². The molecule has 0 bridgehead atoms. The molecule has 0 atom stereocenters. The van der Waals surface area contributed by atoms with Crippen LogP contribution < -0.4 is 5.32 Å². The third-order valence-corrected chi connectivity index (χ3v) is 3.06. The molecule has 0 aliphatic carbocycles. The maximum Gasteiger partial charge on any atom is 0.115 e. The van der Waals surface area contributed by atoms with E-state index >= 15 is 0 Å². The van der Waals surface area contributed by atoms with Crippen LogP contribution in [0.4, 0.5) is 0 Å². The van der Waals surface area contributed by atoms with Crippen LogP contribution in [0.1, 0.15) is 32.0 Å². The molecule has 0 saturated carbocycles. The lowest BCUT2D eigenvalue weighted by molar-refractivity contribution is 0.347. The number of nitrogens with zero attached hydrogens (tertiary/aromatic N) is 3. The molecule has 20 heavy (non-hydrogen) atoms. The number of aromatic hydroxyl groups is 1. The molecule has 0 radical (unpaired) electrons. The highest BCUT2D eigenvalue weighted by atomic mass is 16.3. The summed E-state index contributed by atoms with van der Waals surface area (Å²) in [5, 5.41) is 20.9. The summed E-state index contributed by atoms with van der Waals surface area (Å²) in [6.07, 6.45) is 2.90. The van der Waals surface area contributed by atoms with Gasteiger partial charge < -0.3 is 10.4 Å². The second-order valence-electron chi connectivity index (χ2n) is 5.92. The summed E-state index contributed by atoms with van der Waals surface area (Å²) in [6.45, 7) is 7.89. The van der Waals surface area contributed by atoms with Gasteiger partial charge in [-0.1, -0.05) is 17.3 Å². The number of nitrogens with one attached hydrogen (secondary N) is 1. The number of hydrogen-bond acceptors (Lipinski definition) is 4. The van der Waals surface area contributed by atoms with E-state index < -0.39 is 0 Å². The third-order valence-electron chi connectivity index (χ3n) is 3.06. The van der Waals surface area contributed by atoms with Crippen LogP contribution >= 0.6 is 0 Å². The highest BCUT2D eigenvalue weighted by molar-refractivity contribution is 5.25. The van der Waals surface area contributed by atoms with E-state index in [9.17, 15) is 5.11 Å². The third kappa shape index (κ3) is 4.06. The normalized spacial score (nSPS) is 11.8. The van der Waals surface area contributed by atoms with Crippen molar-refractivity contribution in [3.63, 3.8) is 0 Å². The van der Waals surface area contributed by atoms with Gasteiger partial charge in [-0.05, 0) is 51.4 Å². The Morgan fingerprint density at radius 3 is 2.50 bits per heavy atom. The average Bonchev–Trinajstić information content (AvgIpc) is 2.85. The molecule has 5 heteroatoms. The topological polar surface area (TPSA) is 63.0 Å². The fraction of sp³-hybridized carbons (Fsp3) is 0.467. The van der Waals surface area contributed by atoms with E-state index in [1.54, 1.807) is 12.1 Å². The van der Waals surface area contributed by atoms with Gasteiger partial charge in [0.15, 0.2) is 0 Å². The molecule has 0 aliphatic rings. The first-order chi connectivity index (χ1) is 9.45. The number of rotatable bonds is 5. The Bertz CT molecular complexity index is 540. The molecular weight excluding hydrogens is 252 g/mol. The highest BCUT2D eigenvalue weighted by Crippen LogP contribution is 2.12. The maximum absolute atomic E-state index is 9.21. The van der Waals surface area contributed by atoms with Crippen LogP contribution in [0.25, 0.3) is 0 Å². The molecule has 1 aromatic heterocycles. The lowest BCUT2D eigenvalue weighted by Crippen LogP contribution is -2.22. The van der Waals surface area contributed by atoms with Gasteiger partial charge in [-0.3, -0.25) is 0 Å². The first-order valence-corrected chi connectivity index (χ1v) is 6.85. The van der Waals surface area contributed by atoms with Gasteiger partial charge in [-0.25, -0.2) is 4.68 Å². The molecule has 1 aromatic carbocycles. The standard InChI is InChI=1S/C15H22N4O/c1-15(2,3)19-11-13(17-18-19)10-16-9-8-12-4-6-14(20)7-5-12/h4-7,11,16,20H,8-10H2,1-3H3. The van der Waals surface area contributed by atoms with Crippen LogP contribution in [0.5, 0.6) is 5.75 Å². The molecule has 0 spiro atoms. The van der Waals surface area contributed by atoms with E-state index in [2.05, 4.69) is 36.4 Å². The van der Waals surface area contributed by atoms with Gasteiger partial charge in [-0.15, -0.1) is 5.10 Å². The average molecular weight is 274 g/mol. The van der Waals surface area contributed by atoms with Crippen LogP contribution in [0.2, 0.25) is 0 Å². The van der Waals surface area contributed by atoms with Crippen molar-refractivity contribution in [2.75, 3.05) is 6.54 Å². The number of phenols is 1. The molecule has 0 amide bonds. The molecule has 0 unspecified atom stereocenters. The van der Waals surface area contributed by atoms with Crippen LogP contribution in [0.15, 0.2) is 30.5 Å². The smallest absolute Gasteiger partial charge is 0.115 e. The zero-order chi connectivity index (χ0) is 14.6. The van der Waals surface area contributed by atoms with E-state index in [0.29, 0.717) is 12.3 Å². The Hall–Kier alpha value is -1.88. The summed E-state index contributed by atoms with van der Waals surface area (Å²) >= 11 is 0. The van der Waals surface area contributed by atoms with E-state index in [0.717, 1.165) is 18.7 Å². The molecule has 5 nitrogen and oxygen atoms in total. The van der Waals surface area contributed by atoms with Gasteiger partial charge in [0.25, 0.3) is 0 Å². The molecule has 2 N–H and O–H groups in total. The van der Waals surface area contributed by atoms with Gasteiger partial charge in [0.1, 0.15) is 5.75 Å². The lowest BCUT2D eigenvalue weighted by atomic mass is 10.1. The molecule has 1 heterocycles. The second-order valence-corrected chi connectivity index (χ2v) is 5.92. The van der Waals surface area contributed by atoms with Crippen molar-refractivity contribution in [1.29, 1.82) is 0 Å². The summed E-state index contributed by atoms with van der Waals surface area (Å²) in [5.74, 6) is 0.306. The lowest BCUT2D eigenvalue weighted by Gasteiger charge is -2.17. The fourth-order valence-electron chi connectivity index (χ4n) is 1.82. The van der Waals surface area contributed by atoms with Crippen LogP contribution in [0.3, 0.4) is 0 Å². The molecule has 2 rings (SSSR count). The number of phenolic OH excluding ortho intramolecular Hbond substituents is 1. The quantitative estimate of drug-likeness (QED) is 0.819. The van der Waals surface area contributed by atoms with Gasteiger partial charge in [0, 0.05) is 6.54 Å². The van der Waals surface area contributed by atoms with E-state index in [4.69, 9.17) is 0 Å². The monoisotopic (exact) mass is 274 g/mol. The Morgan fingerprint density at radius 2 is 1.90 bits per heavy atom. The highest BCUT2D eigenvalue weighted by Gasteiger charge is 2.14. The first kappa shape index (κ1) is 14.5.